The lowest BCUT2D eigenvalue weighted by Gasteiger charge is -2.35. The quantitative estimate of drug-likeness (QED) is 0.116. The van der Waals surface area contributed by atoms with Gasteiger partial charge in [0.15, 0.2) is 24.6 Å². The number of aryl methyl sites for hydroxylation is 1. The summed E-state index contributed by atoms with van der Waals surface area (Å²) in [7, 11) is 1.57. The van der Waals surface area contributed by atoms with Gasteiger partial charge in [-0.15, -0.1) is 0 Å². The molecular formula is C39H45F2N5O4. The molecule has 2 aromatic carbocycles. The van der Waals surface area contributed by atoms with Crippen LogP contribution in [0.4, 0.5) is 14.6 Å². The Labute approximate surface area is 291 Å². The Hall–Kier alpha value is -3.96. The highest BCUT2D eigenvalue weighted by Gasteiger charge is 2.46. The second kappa shape index (κ2) is 13.3. The van der Waals surface area contributed by atoms with Crippen LogP contribution < -0.4 is 14.4 Å². The van der Waals surface area contributed by atoms with Crippen molar-refractivity contribution < 1.29 is 27.8 Å². The smallest absolute Gasteiger partial charge is 0.319 e. The number of halogens is 2. The topological polar surface area (TPSA) is 89.9 Å². The van der Waals surface area contributed by atoms with E-state index in [2.05, 4.69) is 22.8 Å². The lowest BCUT2D eigenvalue weighted by molar-refractivity contribution is -0.120. The third-order valence-corrected chi connectivity index (χ3v) is 11.5. The average molecular weight is 686 g/mol. The Morgan fingerprint density at radius 3 is 2.52 bits per heavy atom. The summed E-state index contributed by atoms with van der Waals surface area (Å²) >= 11 is 0. The lowest BCUT2D eigenvalue weighted by atomic mass is 9.94. The van der Waals surface area contributed by atoms with Crippen molar-refractivity contribution in [3.05, 3.63) is 47.9 Å². The van der Waals surface area contributed by atoms with E-state index in [1.54, 1.807) is 13.3 Å². The first-order valence-corrected chi connectivity index (χ1v) is 18.1. The summed E-state index contributed by atoms with van der Waals surface area (Å²) in [5, 5.41) is 2.43. The Morgan fingerprint density at radius 2 is 1.82 bits per heavy atom. The summed E-state index contributed by atoms with van der Waals surface area (Å²) in [6.07, 6.45) is 8.96. The number of benzene rings is 2. The van der Waals surface area contributed by atoms with Crippen molar-refractivity contribution in [2.45, 2.75) is 64.0 Å². The Balaban J connectivity index is 1.17. The number of fused-ring (bicyclic) bond motifs is 4. The zero-order valence-corrected chi connectivity index (χ0v) is 28.9. The molecule has 4 aliphatic rings. The Bertz CT molecular complexity index is 1900. The average Bonchev–Trinajstić information content (AvgIpc) is 3.83. The van der Waals surface area contributed by atoms with Crippen LogP contribution in [0.3, 0.4) is 0 Å². The molecule has 2 saturated heterocycles. The van der Waals surface area contributed by atoms with Gasteiger partial charge in [0.2, 0.25) is 0 Å². The van der Waals surface area contributed by atoms with Crippen LogP contribution in [0.2, 0.25) is 0 Å². The number of pyridine rings is 1. The van der Waals surface area contributed by atoms with Crippen LogP contribution in [0.25, 0.3) is 32.9 Å². The van der Waals surface area contributed by atoms with Crippen LogP contribution in [0.5, 0.6) is 11.8 Å². The highest BCUT2D eigenvalue weighted by Crippen LogP contribution is 2.48. The van der Waals surface area contributed by atoms with Gasteiger partial charge in [-0.1, -0.05) is 25.1 Å². The Kier molecular flexibility index (Phi) is 8.83. The second-order valence-electron chi connectivity index (χ2n) is 15.1. The highest BCUT2D eigenvalue weighted by atomic mass is 19.1. The van der Waals surface area contributed by atoms with Crippen LogP contribution >= 0.6 is 0 Å². The molecule has 8 rings (SSSR count). The molecular weight excluding hydrogens is 640 g/mol. The summed E-state index contributed by atoms with van der Waals surface area (Å²) in [5.41, 5.74) is 0.290. The number of likely N-dealkylation sites (tertiary alicyclic amines) is 1. The molecule has 0 amide bonds. The van der Waals surface area contributed by atoms with Crippen molar-refractivity contribution in [1.29, 1.82) is 0 Å². The van der Waals surface area contributed by atoms with Crippen molar-refractivity contribution in [3.8, 4) is 23.0 Å². The van der Waals surface area contributed by atoms with Crippen LogP contribution in [0.1, 0.15) is 57.4 Å². The van der Waals surface area contributed by atoms with Gasteiger partial charge in [0, 0.05) is 69.9 Å². The van der Waals surface area contributed by atoms with E-state index >= 15 is 4.39 Å². The number of alkyl halides is 1. The maximum absolute atomic E-state index is 17.1. The summed E-state index contributed by atoms with van der Waals surface area (Å²) in [6.45, 7) is 6.11. The van der Waals surface area contributed by atoms with Crippen molar-refractivity contribution in [2.24, 2.45) is 17.3 Å². The van der Waals surface area contributed by atoms with Gasteiger partial charge in [-0.25, -0.2) is 8.78 Å². The largest absolute Gasteiger partial charge is 0.468 e. The molecule has 2 aromatic heterocycles. The number of piperidine rings is 2. The van der Waals surface area contributed by atoms with Crippen molar-refractivity contribution in [1.82, 2.24) is 19.9 Å². The zero-order valence-electron chi connectivity index (χ0n) is 28.9. The normalized spacial score (nSPS) is 22.6. The summed E-state index contributed by atoms with van der Waals surface area (Å²) in [6, 6.07) is 10.00. The molecule has 2 atom stereocenters. The number of carbonyl (C=O) groups excluding carboxylic acids is 1. The number of carbonyl (C=O) groups is 1. The first-order chi connectivity index (χ1) is 24.3. The van der Waals surface area contributed by atoms with Gasteiger partial charge in [0.1, 0.15) is 22.8 Å². The fourth-order valence-corrected chi connectivity index (χ4v) is 8.48. The van der Waals surface area contributed by atoms with E-state index in [1.165, 1.54) is 19.3 Å². The molecule has 2 aliphatic carbocycles. The van der Waals surface area contributed by atoms with Gasteiger partial charge in [0.25, 0.3) is 0 Å². The van der Waals surface area contributed by atoms with Gasteiger partial charge >= 0.3 is 6.01 Å². The molecule has 2 bridgehead atoms. The maximum Gasteiger partial charge on any atom is 0.319 e. The van der Waals surface area contributed by atoms with Crippen molar-refractivity contribution >= 4 is 33.8 Å². The van der Waals surface area contributed by atoms with Gasteiger partial charge in [0.05, 0.1) is 12.0 Å². The van der Waals surface area contributed by atoms with Crippen LogP contribution in [0, 0.1) is 23.1 Å². The summed E-state index contributed by atoms with van der Waals surface area (Å²) in [4.78, 5) is 30.2. The minimum Gasteiger partial charge on any atom is -0.468 e. The molecule has 9 nitrogen and oxygen atoms in total. The number of hydrogen-bond donors (Lipinski definition) is 0. The van der Waals surface area contributed by atoms with Gasteiger partial charge < -0.3 is 24.0 Å². The lowest BCUT2D eigenvalue weighted by Crippen LogP contribution is -2.45. The van der Waals surface area contributed by atoms with Gasteiger partial charge in [-0.05, 0) is 78.8 Å². The third-order valence-electron chi connectivity index (χ3n) is 11.5. The number of anilines is 1. The number of rotatable bonds is 12. The van der Waals surface area contributed by atoms with Crippen molar-refractivity contribution in [3.63, 3.8) is 0 Å². The standard InChI is InChI=1S/C39H45F2N5O4/c1-3-27-5-4-6-28-16-29(50-24-48-2)17-30(32(27)28)34-33(40)35-31(18-42-34)36(46-19-25-7-8-26(15-25)20-46)44-37(43-35)49-23-38(9-10-38)21-45-13-11-39(41,22-47)12-14-45/h4-6,16-18,22,25-26H,3,7-15,19-21,23-24H2,1-2H3. The van der Waals surface area contributed by atoms with E-state index in [-0.39, 0.29) is 42.3 Å². The molecule has 4 aromatic rings. The molecule has 0 spiro atoms. The predicted octanol–water partition coefficient (Wildman–Crippen LogP) is 6.93. The monoisotopic (exact) mass is 685 g/mol. The number of nitrogens with zero attached hydrogens (tertiary/aromatic N) is 5. The molecule has 0 N–H and O–H groups in total. The van der Waals surface area contributed by atoms with Crippen molar-refractivity contribution in [2.75, 3.05) is 58.1 Å². The number of methoxy groups -OCH3 is 1. The minimum absolute atomic E-state index is 0.0653. The second-order valence-corrected chi connectivity index (χ2v) is 15.1. The number of hydrogen-bond acceptors (Lipinski definition) is 9. The molecule has 0 radical (unpaired) electrons. The van der Waals surface area contributed by atoms with Crippen LogP contribution in [-0.4, -0.2) is 85.0 Å². The van der Waals surface area contributed by atoms with E-state index in [0.29, 0.717) is 60.3 Å². The van der Waals surface area contributed by atoms with E-state index in [9.17, 15) is 9.18 Å². The molecule has 11 heteroatoms. The van der Waals surface area contributed by atoms with Gasteiger partial charge in [-0.2, -0.15) is 9.97 Å². The minimum atomic E-state index is -1.71. The number of ether oxygens (including phenoxy) is 3. The molecule has 50 heavy (non-hydrogen) atoms. The molecule has 4 fully saturated rings. The number of aldehydes is 1. The molecule has 2 unspecified atom stereocenters. The SMILES string of the molecule is CCc1cccc2cc(OCOC)cc(-c3ncc4c(N5CC6CCC(C6)C5)nc(OCC5(CN6CCC(F)(C=O)CC6)CC5)nc4c3F)c12. The molecule has 2 aliphatic heterocycles. The van der Waals surface area contributed by atoms with Crippen LogP contribution in [0.15, 0.2) is 36.5 Å². The first-order valence-electron chi connectivity index (χ1n) is 18.1. The highest BCUT2D eigenvalue weighted by molar-refractivity contribution is 6.01. The van der Waals surface area contributed by atoms with E-state index in [0.717, 1.165) is 55.2 Å². The third kappa shape index (κ3) is 6.38. The van der Waals surface area contributed by atoms with E-state index in [4.69, 9.17) is 29.2 Å². The van der Waals surface area contributed by atoms with Crippen LogP contribution in [-0.2, 0) is 16.0 Å². The van der Waals surface area contributed by atoms with Gasteiger partial charge in [-0.3, -0.25) is 9.78 Å². The Morgan fingerprint density at radius 1 is 1.04 bits per heavy atom. The summed E-state index contributed by atoms with van der Waals surface area (Å²) < 4.78 is 49.1. The first kappa shape index (κ1) is 33.2. The molecule has 264 valence electrons. The predicted molar refractivity (Wildman–Crippen MR) is 188 cm³/mol. The zero-order chi connectivity index (χ0) is 34.5. The summed E-state index contributed by atoms with van der Waals surface area (Å²) in [5.74, 6) is 1.90. The van der Waals surface area contributed by atoms with E-state index in [1.807, 2.05) is 24.3 Å². The fraction of sp³-hybridized carbons (Fsp3) is 0.538. The fourth-order valence-electron chi connectivity index (χ4n) is 8.48. The maximum atomic E-state index is 17.1. The molecule has 2 saturated carbocycles. The molecule has 4 heterocycles. The van der Waals surface area contributed by atoms with E-state index < -0.39 is 11.5 Å². The number of aromatic nitrogens is 3.